The average molecular weight is 488 g/mol. The number of benzene rings is 3. The number of pyridine rings is 1. The summed E-state index contributed by atoms with van der Waals surface area (Å²) in [5.74, 6) is 0.432. The molecule has 0 saturated heterocycles. The van der Waals surface area contributed by atoms with Gasteiger partial charge in [-0.05, 0) is 64.6 Å². The van der Waals surface area contributed by atoms with E-state index in [4.69, 9.17) is 2.74 Å². The van der Waals surface area contributed by atoms with Crippen LogP contribution in [-0.2, 0) is 18.8 Å². The standard InChI is InChI=1S/C35H37N2/c1-21-17-30-27(18-26(21)29-16-15-22(20-36(29)7)19-34(2,3)4)23-12-10-13-25-31-33(37(30)32(23)25)24-11-8-9-14-28(24)35(31,5)6/h8-18,20,31,33H,19H2,1-7H3/q+1/i19D2. The lowest BCUT2D eigenvalue weighted by molar-refractivity contribution is -0.660. The van der Waals surface area contributed by atoms with Crippen molar-refractivity contribution in [3.8, 4) is 11.3 Å². The summed E-state index contributed by atoms with van der Waals surface area (Å²) < 4.78 is 22.2. The predicted octanol–water partition coefficient (Wildman–Crippen LogP) is 8.16. The molecule has 7 rings (SSSR count). The minimum atomic E-state index is -1.43. The van der Waals surface area contributed by atoms with Crippen LogP contribution in [0.5, 0.6) is 0 Å². The molecule has 0 radical (unpaired) electrons. The predicted molar refractivity (Wildman–Crippen MR) is 154 cm³/mol. The fraction of sp³-hybridized carbons (Fsp3) is 0.343. The molecule has 2 atom stereocenters. The van der Waals surface area contributed by atoms with Crippen LogP contribution >= 0.6 is 0 Å². The molecule has 0 spiro atoms. The Labute approximate surface area is 223 Å². The molecular weight excluding hydrogens is 448 g/mol. The zero-order valence-electron chi connectivity index (χ0n) is 25.0. The van der Waals surface area contributed by atoms with Crippen molar-refractivity contribution < 1.29 is 7.31 Å². The number of rotatable bonds is 2. The number of nitrogens with zero attached hydrogens (tertiary/aromatic N) is 2. The van der Waals surface area contributed by atoms with Crippen molar-refractivity contribution >= 4 is 21.8 Å². The van der Waals surface area contributed by atoms with E-state index in [1.807, 2.05) is 40.1 Å². The van der Waals surface area contributed by atoms with Crippen LogP contribution in [0.3, 0.4) is 0 Å². The largest absolute Gasteiger partial charge is 0.332 e. The molecule has 0 fully saturated rings. The summed E-state index contributed by atoms with van der Waals surface area (Å²) in [5, 5.41) is 2.62. The minimum Gasteiger partial charge on any atom is -0.332 e. The summed E-state index contributed by atoms with van der Waals surface area (Å²) in [6, 6.07) is 25.1. The van der Waals surface area contributed by atoms with Crippen LogP contribution in [-0.4, -0.2) is 4.57 Å². The minimum absolute atomic E-state index is 0.0728. The molecule has 2 heteroatoms. The lowest BCUT2D eigenvalue weighted by Gasteiger charge is -2.28. The van der Waals surface area contributed by atoms with Crippen molar-refractivity contribution in [2.45, 2.75) is 65.3 Å². The molecule has 0 N–H and O–H groups in total. The molecular formula is C35H37N2+. The maximum absolute atomic E-state index is 8.75. The van der Waals surface area contributed by atoms with Gasteiger partial charge in [0.1, 0.15) is 7.05 Å². The van der Waals surface area contributed by atoms with Gasteiger partial charge in [0.15, 0.2) is 6.20 Å². The Morgan fingerprint density at radius 2 is 1.70 bits per heavy atom. The molecule has 186 valence electrons. The van der Waals surface area contributed by atoms with Crippen LogP contribution in [0, 0.1) is 12.3 Å². The fourth-order valence-electron chi connectivity index (χ4n) is 7.42. The topological polar surface area (TPSA) is 8.81 Å². The van der Waals surface area contributed by atoms with Crippen LogP contribution in [0.15, 0.2) is 72.9 Å². The van der Waals surface area contributed by atoms with E-state index in [2.05, 4.69) is 90.6 Å². The summed E-state index contributed by atoms with van der Waals surface area (Å²) in [7, 11) is 2.04. The zero-order valence-corrected chi connectivity index (χ0v) is 23.0. The quantitative estimate of drug-likeness (QED) is 0.222. The Hall–Kier alpha value is -3.39. The van der Waals surface area contributed by atoms with E-state index in [1.54, 1.807) is 0 Å². The van der Waals surface area contributed by atoms with Crippen molar-refractivity contribution in [3.63, 3.8) is 0 Å². The molecule has 2 nitrogen and oxygen atoms in total. The van der Waals surface area contributed by atoms with Crippen LogP contribution in [0.1, 0.15) is 77.1 Å². The highest BCUT2D eigenvalue weighted by Crippen LogP contribution is 2.62. The Bertz CT molecular complexity index is 1830. The lowest BCUT2D eigenvalue weighted by Crippen LogP contribution is -2.32. The van der Waals surface area contributed by atoms with Crippen molar-refractivity contribution in [1.82, 2.24) is 4.57 Å². The van der Waals surface area contributed by atoms with Gasteiger partial charge in [-0.25, -0.2) is 4.57 Å². The maximum atomic E-state index is 8.75. The van der Waals surface area contributed by atoms with E-state index in [1.165, 1.54) is 49.6 Å². The van der Waals surface area contributed by atoms with E-state index in [-0.39, 0.29) is 5.41 Å². The van der Waals surface area contributed by atoms with Crippen LogP contribution < -0.4 is 4.57 Å². The first kappa shape index (κ1) is 20.6. The number of hydrogen-bond donors (Lipinski definition) is 0. The van der Waals surface area contributed by atoms with Gasteiger partial charge in [-0.1, -0.05) is 77.1 Å². The van der Waals surface area contributed by atoms with Gasteiger partial charge in [0.25, 0.3) is 0 Å². The Kier molecular flexibility index (Phi) is 4.10. The van der Waals surface area contributed by atoms with Crippen molar-refractivity contribution in [2.24, 2.45) is 12.5 Å². The molecule has 1 aliphatic carbocycles. The van der Waals surface area contributed by atoms with Gasteiger partial charge in [0.2, 0.25) is 5.69 Å². The van der Waals surface area contributed by atoms with Crippen LogP contribution in [0.25, 0.3) is 33.1 Å². The first-order chi connectivity index (χ1) is 18.3. The molecule has 2 unspecified atom stereocenters. The Balaban J connectivity index is 1.45. The third kappa shape index (κ3) is 3.08. The summed E-state index contributed by atoms with van der Waals surface area (Å²) >= 11 is 0. The molecule has 1 aliphatic heterocycles. The third-order valence-electron chi connectivity index (χ3n) is 8.81. The summed E-state index contributed by atoms with van der Waals surface area (Å²) in [5.41, 5.74) is 10.9. The second kappa shape index (κ2) is 7.34. The molecule has 2 aromatic heterocycles. The van der Waals surface area contributed by atoms with Crippen molar-refractivity contribution in [1.29, 1.82) is 0 Å². The van der Waals surface area contributed by atoms with Gasteiger partial charge in [0, 0.05) is 36.6 Å². The number of para-hydroxylation sites is 1. The van der Waals surface area contributed by atoms with Gasteiger partial charge >= 0.3 is 0 Å². The lowest BCUT2D eigenvalue weighted by atomic mass is 9.74. The molecule has 0 amide bonds. The van der Waals surface area contributed by atoms with Gasteiger partial charge in [0.05, 0.1) is 17.1 Å². The van der Waals surface area contributed by atoms with Gasteiger partial charge in [-0.3, -0.25) is 0 Å². The Morgan fingerprint density at radius 1 is 0.946 bits per heavy atom. The molecule has 0 bridgehead atoms. The molecule has 2 aliphatic rings. The maximum Gasteiger partial charge on any atom is 0.212 e. The monoisotopic (exact) mass is 487 g/mol. The Morgan fingerprint density at radius 3 is 2.46 bits per heavy atom. The molecule has 3 heterocycles. The first-order valence-corrected chi connectivity index (χ1v) is 13.5. The van der Waals surface area contributed by atoms with E-state index in [9.17, 15) is 0 Å². The first-order valence-electron chi connectivity index (χ1n) is 14.5. The summed E-state index contributed by atoms with van der Waals surface area (Å²) in [6.07, 6.45) is 0.544. The number of hydrogen-bond acceptors (Lipinski definition) is 0. The summed E-state index contributed by atoms with van der Waals surface area (Å²) in [4.78, 5) is 0. The van der Waals surface area contributed by atoms with Crippen LogP contribution in [0.4, 0.5) is 0 Å². The molecule has 37 heavy (non-hydrogen) atoms. The van der Waals surface area contributed by atoms with Crippen LogP contribution in [0.2, 0.25) is 0 Å². The average Bonchev–Trinajstić information content (AvgIpc) is 3.47. The highest BCUT2D eigenvalue weighted by atomic mass is 15.1. The smallest absolute Gasteiger partial charge is 0.212 e. The number of aryl methyl sites for hydroxylation is 2. The fourth-order valence-corrected chi connectivity index (χ4v) is 7.42. The van der Waals surface area contributed by atoms with E-state index in [0.29, 0.717) is 17.5 Å². The third-order valence-corrected chi connectivity index (χ3v) is 8.81. The summed E-state index contributed by atoms with van der Waals surface area (Å²) in [6.45, 7) is 12.9. The van der Waals surface area contributed by atoms with E-state index >= 15 is 0 Å². The molecule has 3 aromatic carbocycles. The highest BCUT2D eigenvalue weighted by Gasteiger charge is 2.52. The van der Waals surface area contributed by atoms with E-state index in [0.717, 1.165) is 5.69 Å². The van der Waals surface area contributed by atoms with E-state index < -0.39 is 11.8 Å². The van der Waals surface area contributed by atoms with Crippen molar-refractivity contribution in [2.75, 3.05) is 0 Å². The molecule has 0 saturated carbocycles. The van der Waals surface area contributed by atoms with Gasteiger partial charge < -0.3 is 4.57 Å². The number of fused-ring (bicyclic) bond motifs is 8. The number of aromatic nitrogens is 2. The normalized spacial score (nSPS) is 20.7. The second-order valence-electron chi connectivity index (χ2n) is 12.8. The highest BCUT2D eigenvalue weighted by molar-refractivity contribution is 6.12. The van der Waals surface area contributed by atoms with Gasteiger partial charge in [-0.15, -0.1) is 0 Å². The van der Waals surface area contributed by atoms with Gasteiger partial charge in [-0.2, -0.15) is 0 Å². The zero-order chi connectivity index (χ0) is 27.6. The second-order valence-corrected chi connectivity index (χ2v) is 12.8. The SMILES string of the molecule is [2H]C([2H])(c1ccc(-c2cc3c4cccc5c4n(c3cc2C)C2c3ccccc3C(C)(C)C52)[n+](C)c1)C(C)(C)C. The molecule has 5 aromatic rings. The van der Waals surface area contributed by atoms with Crippen molar-refractivity contribution in [3.05, 3.63) is 101 Å².